The van der Waals surface area contributed by atoms with Gasteiger partial charge in [0.1, 0.15) is 0 Å². The normalized spacial score (nSPS) is 11.1. The zero-order valence-electron chi connectivity index (χ0n) is 7.45. The quantitative estimate of drug-likeness (QED) is 0.526. The molecule has 0 fully saturated rings. The zero-order chi connectivity index (χ0) is 8.65. The molecule has 0 atom stereocenters. The first kappa shape index (κ1) is 8.97. The molecule has 0 bridgehead atoms. The van der Waals surface area contributed by atoms with E-state index >= 15 is 0 Å². The molecule has 3 heteroatoms. The molecule has 1 aromatic rings. The van der Waals surface area contributed by atoms with Gasteiger partial charge in [0.05, 0.1) is 5.69 Å². The van der Waals surface area contributed by atoms with Gasteiger partial charge in [-0.2, -0.15) is 5.10 Å². The lowest BCUT2D eigenvalue weighted by Gasteiger charge is -1.90. The standard InChI is InChI=1S/C9H15N3/c1-2-3-4-6-10-8-9-5-7-11-12-9/h5,7-8H,2-4,6H2,1H3,(H,11,12). The molecule has 0 spiro atoms. The minimum absolute atomic E-state index is 0.923. The molecule has 0 amide bonds. The van der Waals surface area contributed by atoms with Crippen LogP contribution in [0.2, 0.25) is 0 Å². The average molecular weight is 165 g/mol. The van der Waals surface area contributed by atoms with E-state index in [4.69, 9.17) is 0 Å². The van der Waals surface area contributed by atoms with Crippen molar-refractivity contribution in [1.82, 2.24) is 10.2 Å². The summed E-state index contributed by atoms with van der Waals surface area (Å²) in [5.41, 5.74) is 0.978. The molecule has 0 aliphatic heterocycles. The molecule has 1 N–H and O–H groups in total. The fourth-order valence-corrected chi connectivity index (χ4v) is 0.955. The van der Waals surface area contributed by atoms with Crippen molar-refractivity contribution in [3.8, 4) is 0 Å². The van der Waals surface area contributed by atoms with Crippen LogP contribution in [0, 0.1) is 0 Å². The summed E-state index contributed by atoms with van der Waals surface area (Å²) in [6.07, 6.45) is 7.26. The van der Waals surface area contributed by atoms with Gasteiger partial charge in [-0.25, -0.2) is 0 Å². The molecule has 1 aromatic heterocycles. The van der Waals surface area contributed by atoms with Gasteiger partial charge in [0.25, 0.3) is 0 Å². The molecule has 1 heterocycles. The second-order valence-electron chi connectivity index (χ2n) is 2.75. The Morgan fingerprint density at radius 1 is 1.58 bits per heavy atom. The maximum absolute atomic E-state index is 4.26. The first-order valence-corrected chi connectivity index (χ1v) is 4.42. The van der Waals surface area contributed by atoms with Gasteiger partial charge in [0.15, 0.2) is 0 Å². The summed E-state index contributed by atoms with van der Waals surface area (Å²) in [5.74, 6) is 0. The van der Waals surface area contributed by atoms with E-state index in [9.17, 15) is 0 Å². The third kappa shape index (κ3) is 3.32. The molecule has 0 unspecified atom stereocenters. The molecule has 1 rings (SSSR count). The van der Waals surface area contributed by atoms with Crippen molar-refractivity contribution in [2.45, 2.75) is 26.2 Å². The highest BCUT2D eigenvalue weighted by atomic mass is 15.1. The van der Waals surface area contributed by atoms with Crippen molar-refractivity contribution in [2.24, 2.45) is 4.99 Å². The highest BCUT2D eigenvalue weighted by Gasteiger charge is 1.85. The van der Waals surface area contributed by atoms with Crippen LogP contribution in [-0.2, 0) is 0 Å². The number of nitrogens with zero attached hydrogens (tertiary/aromatic N) is 2. The summed E-state index contributed by atoms with van der Waals surface area (Å²) in [6.45, 7) is 3.12. The summed E-state index contributed by atoms with van der Waals surface area (Å²) in [5, 5.41) is 6.65. The van der Waals surface area contributed by atoms with E-state index in [1.165, 1.54) is 19.3 Å². The number of aliphatic imine (C=N–C) groups is 1. The Hall–Kier alpha value is -1.12. The first-order chi connectivity index (χ1) is 5.93. The van der Waals surface area contributed by atoms with Crippen LogP contribution in [-0.4, -0.2) is 23.0 Å². The monoisotopic (exact) mass is 165 g/mol. The average Bonchev–Trinajstić information content (AvgIpc) is 2.57. The first-order valence-electron chi connectivity index (χ1n) is 4.42. The van der Waals surface area contributed by atoms with E-state index < -0.39 is 0 Å². The van der Waals surface area contributed by atoms with Crippen molar-refractivity contribution >= 4 is 6.21 Å². The van der Waals surface area contributed by atoms with Crippen molar-refractivity contribution in [3.05, 3.63) is 18.0 Å². The van der Waals surface area contributed by atoms with Crippen LogP contribution in [0.3, 0.4) is 0 Å². The van der Waals surface area contributed by atoms with Gasteiger partial charge < -0.3 is 0 Å². The lowest BCUT2D eigenvalue weighted by molar-refractivity contribution is 0.729. The van der Waals surface area contributed by atoms with E-state index in [0.29, 0.717) is 0 Å². The Kier molecular flexibility index (Phi) is 4.13. The van der Waals surface area contributed by atoms with Gasteiger partial charge in [-0.3, -0.25) is 10.1 Å². The highest BCUT2D eigenvalue weighted by molar-refractivity contribution is 5.76. The number of H-pyrrole nitrogens is 1. The van der Waals surface area contributed by atoms with E-state index in [2.05, 4.69) is 22.1 Å². The van der Waals surface area contributed by atoms with Crippen molar-refractivity contribution in [3.63, 3.8) is 0 Å². The lowest BCUT2D eigenvalue weighted by atomic mass is 10.2. The maximum Gasteiger partial charge on any atom is 0.0756 e. The van der Waals surface area contributed by atoms with Crippen LogP contribution in [0.1, 0.15) is 31.9 Å². The molecule has 0 aromatic carbocycles. The van der Waals surface area contributed by atoms with Crippen LogP contribution in [0.15, 0.2) is 17.3 Å². The summed E-state index contributed by atoms with van der Waals surface area (Å²) in [7, 11) is 0. The topological polar surface area (TPSA) is 41.0 Å². The predicted octanol–water partition coefficient (Wildman–Crippen LogP) is 2.02. The van der Waals surface area contributed by atoms with Crippen molar-refractivity contribution < 1.29 is 0 Å². The number of aromatic amines is 1. The SMILES string of the molecule is CCCCCN=Cc1ccn[nH]1. The van der Waals surface area contributed by atoms with E-state index in [1.807, 2.05) is 12.3 Å². The smallest absolute Gasteiger partial charge is 0.0756 e. The number of hydrogen-bond donors (Lipinski definition) is 1. The summed E-state index contributed by atoms with van der Waals surface area (Å²) in [6, 6.07) is 1.91. The fourth-order valence-electron chi connectivity index (χ4n) is 0.955. The molecule has 66 valence electrons. The minimum Gasteiger partial charge on any atom is -0.291 e. The third-order valence-corrected chi connectivity index (χ3v) is 1.64. The van der Waals surface area contributed by atoms with Crippen LogP contribution in [0.25, 0.3) is 0 Å². The molecule has 0 aliphatic rings. The van der Waals surface area contributed by atoms with Crippen molar-refractivity contribution in [2.75, 3.05) is 6.54 Å². The van der Waals surface area contributed by atoms with Gasteiger partial charge in [0, 0.05) is 19.0 Å². The molecule has 0 radical (unpaired) electrons. The Morgan fingerprint density at radius 3 is 3.17 bits per heavy atom. The molecular formula is C9H15N3. The number of hydrogen-bond acceptors (Lipinski definition) is 2. The molecule has 0 saturated heterocycles. The number of rotatable bonds is 5. The predicted molar refractivity (Wildman–Crippen MR) is 50.6 cm³/mol. The van der Waals surface area contributed by atoms with Crippen LogP contribution in [0.4, 0.5) is 0 Å². The van der Waals surface area contributed by atoms with Gasteiger partial charge >= 0.3 is 0 Å². The molecule has 3 nitrogen and oxygen atoms in total. The molecule has 0 saturated carbocycles. The van der Waals surface area contributed by atoms with Crippen LogP contribution in [0.5, 0.6) is 0 Å². The van der Waals surface area contributed by atoms with Gasteiger partial charge in [-0.15, -0.1) is 0 Å². The number of nitrogens with one attached hydrogen (secondary N) is 1. The Bertz CT molecular complexity index is 214. The molecule has 0 aliphatic carbocycles. The van der Waals surface area contributed by atoms with E-state index in [-0.39, 0.29) is 0 Å². The fraction of sp³-hybridized carbons (Fsp3) is 0.556. The highest BCUT2D eigenvalue weighted by Crippen LogP contribution is 1.94. The zero-order valence-corrected chi connectivity index (χ0v) is 7.45. The second-order valence-corrected chi connectivity index (χ2v) is 2.75. The summed E-state index contributed by atoms with van der Waals surface area (Å²) < 4.78 is 0. The van der Waals surface area contributed by atoms with Gasteiger partial charge in [-0.1, -0.05) is 19.8 Å². The molecule has 12 heavy (non-hydrogen) atoms. The number of aromatic nitrogens is 2. The Labute approximate surface area is 72.9 Å². The summed E-state index contributed by atoms with van der Waals surface area (Å²) in [4.78, 5) is 4.26. The largest absolute Gasteiger partial charge is 0.291 e. The van der Waals surface area contributed by atoms with Gasteiger partial charge in [-0.05, 0) is 12.5 Å². The molecular weight excluding hydrogens is 150 g/mol. The second kappa shape index (κ2) is 5.52. The van der Waals surface area contributed by atoms with Gasteiger partial charge in [0.2, 0.25) is 0 Å². The lowest BCUT2D eigenvalue weighted by Crippen LogP contribution is -1.85. The van der Waals surface area contributed by atoms with Crippen molar-refractivity contribution in [1.29, 1.82) is 0 Å². The van der Waals surface area contributed by atoms with E-state index in [0.717, 1.165) is 12.2 Å². The maximum atomic E-state index is 4.26. The van der Waals surface area contributed by atoms with E-state index in [1.54, 1.807) is 6.20 Å². The van der Waals surface area contributed by atoms with Crippen LogP contribution >= 0.6 is 0 Å². The third-order valence-electron chi connectivity index (χ3n) is 1.64. The number of unbranched alkanes of at least 4 members (excludes halogenated alkanes) is 2. The van der Waals surface area contributed by atoms with Crippen LogP contribution < -0.4 is 0 Å². The minimum atomic E-state index is 0.923. The Morgan fingerprint density at radius 2 is 2.50 bits per heavy atom. The Balaban J connectivity index is 2.14. The summed E-state index contributed by atoms with van der Waals surface area (Å²) >= 11 is 0.